The molecular weight excluding hydrogens is 361 g/mol. The Kier molecular flexibility index (Phi) is 5.37. The maximum Gasteiger partial charge on any atom is 0.307 e. The molecule has 0 fully saturated rings. The molecule has 26 heavy (non-hydrogen) atoms. The molecule has 2 atom stereocenters. The Morgan fingerprint density at radius 2 is 2.04 bits per heavy atom. The zero-order chi connectivity index (χ0) is 18.7. The quantitative estimate of drug-likeness (QED) is 0.783. The van der Waals surface area contributed by atoms with Crippen LogP contribution in [0.2, 0.25) is 5.02 Å². The van der Waals surface area contributed by atoms with Gasteiger partial charge in [0.2, 0.25) is 5.91 Å². The van der Waals surface area contributed by atoms with E-state index in [2.05, 4.69) is 10.4 Å². The molecular formula is C18H17ClFN3O3. The van der Waals surface area contributed by atoms with Crippen molar-refractivity contribution in [3.63, 3.8) is 0 Å². The zero-order valence-corrected chi connectivity index (χ0v) is 14.5. The summed E-state index contributed by atoms with van der Waals surface area (Å²) in [5, 5.41) is 16.4. The molecule has 0 radical (unpaired) electrons. The second-order valence-electron chi connectivity index (χ2n) is 6.15. The van der Waals surface area contributed by atoms with Gasteiger partial charge < -0.3 is 10.4 Å². The first-order valence-corrected chi connectivity index (χ1v) is 8.47. The number of carboxylic acid groups (broad SMARTS) is 1. The lowest BCUT2D eigenvalue weighted by molar-refractivity contribution is -0.146. The summed E-state index contributed by atoms with van der Waals surface area (Å²) in [7, 11) is 0. The van der Waals surface area contributed by atoms with Gasteiger partial charge in [0.05, 0.1) is 30.3 Å². The fraction of sp³-hybridized carbons (Fsp3) is 0.278. The number of hydrogen-bond acceptors (Lipinski definition) is 3. The van der Waals surface area contributed by atoms with Crippen LogP contribution < -0.4 is 5.32 Å². The maximum absolute atomic E-state index is 13.1. The zero-order valence-electron chi connectivity index (χ0n) is 13.7. The predicted molar refractivity (Wildman–Crippen MR) is 94.4 cm³/mol. The van der Waals surface area contributed by atoms with Crippen LogP contribution in [0.3, 0.4) is 0 Å². The van der Waals surface area contributed by atoms with Gasteiger partial charge in [-0.15, -0.1) is 0 Å². The van der Waals surface area contributed by atoms with Gasteiger partial charge in [-0.25, -0.2) is 4.39 Å². The average molecular weight is 378 g/mol. The van der Waals surface area contributed by atoms with E-state index in [1.54, 1.807) is 23.0 Å². The Bertz CT molecular complexity index is 865. The Morgan fingerprint density at radius 3 is 2.73 bits per heavy atom. The minimum absolute atomic E-state index is 0.296. The number of benzene rings is 1. The Balaban J connectivity index is 1.67. The van der Waals surface area contributed by atoms with Gasteiger partial charge in [-0.3, -0.25) is 14.3 Å². The second-order valence-corrected chi connectivity index (χ2v) is 6.55. The van der Waals surface area contributed by atoms with Gasteiger partial charge in [-0.05, 0) is 30.5 Å². The normalized spacial score (nSPS) is 19.3. The van der Waals surface area contributed by atoms with Crippen LogP contribution in [0.5, 0.6) is 0 Å². The summed E-state index contributed by atoms with van der Waals surface area (Å²) >= 11 is 6.00. The summed E-state index contributed by atoms with van der Waals surface area (Å²) < 4.78 is 14.7. The van der Waals surface area contributed by atoms with Crippen LogP contribution >= 0.6 is 11.6 Å². The Morgan fingerprint density at radius 1 is 1.31 bits per heavy atom. The van der Waals surface area contributed by atoms with Gasteiger partial charge in [0, 0.05) is 11.2 Å². The number of carbonyl (C=O) groups is 2. The van der Waals surface area contributed by atoms with Crippen LogP contribution in [0.25, 0.3) is 0 Å². The first-order valence-electron chi connectivity index (χ1n) is 8.09. The summed E-state index contributed by atoms with van der Waals surface area (Å²) in [5.41, 5.74) is 1.16. The van der Waals surface area contributed by atoms with Gasteiger partial charge in [-0.2, -0.15) is 5.10 Å². The van der Waals surface area contributed by atoms with Crippen LogP contribution in [0.15, 0.2) is 42.7 Å². The van der Waals surface area contributed by atoms with E-state index in [-0.39, 0.29) is 5.91 Å². The minimum Gasteiger partial charge on any atom is -0.481 e. The van der Waals surface area contributed by atoms with E-state index in [4.69, 9.17) is 11.6 Å². The lowest BCUT2D eigenvalue weighted by atomic mass is 9.82. The predicted octanol–water partition coefficient (Wildman–Crippen LogP) is 3.33. The van der Waals surface area contributed by atoms with E-state index in [1.165, 1.54) is 18.3 Å². The molecule has 6 nitrogen and oxygen atoms in total. The molecule has 1 aromatic heterocycles. The van der Waals surface area contributed by atoms with Crippen LogP contribution in [0.4, 0.5) is 10.1 Å². The lowest BCUT2D eigenvalue weighted by Crippen LogP contribution is -2.34. The monoisotopic (exact) mass is 377 g/mol. The smallest absolute Gasteiger partial charge is 0.307 e. The number of carbonyl (C=O) groups excluding carboxylic acids is 1. The molecule has 1 aliphatic carbocycles. The molecule has 0 bridgehead atoms. The van der Waals surface area contributed by atoms with E-state index in [1.807, 2.05) is 6.08 Å². The summed E-state index contributed by atoms with van der Waals surface area (Å²) in [6.45, 7) is 0.318. The number of anilines is 1. The number of halogens is 2. The van der Waals surface area contributed by atoms with E-state index >= 15 is 0 Å². The molecule has 3 rings (SSSR count). The Labute approximate surface area is 154 Å². The third-order valence-corrected chi connectivity index (χ3v) is 4.69. The van der Waals surface area contributed by atoms with Crippen LogP contribution in [-0.2, 0) is 16.1 Å². The van der Waals surface area contributed by atoms with Crippen molar-refractivity contribution in [2.24, 2.45) is 11.8 Å². The summed E-state index contributed by atoms with van der Waals surface area (Å²) in [6, 6.07) is 4.12. The van der Waals surface area contributed by atoms with Gasteiger partial charge in [0.15, 0.2) is 0 Å². The van der Waals surface area contributed by atoms with Crippen LogP contribution in [0.1, 0.15) is 18.4 Å². The number of allylic oxidation sites excluding steroid dienone is 2. The average Bonchev–Trinajstić information content (AvgIpc) is 3.04. The van der Waals surface area contributed by atoms with E-state index in [9.17, 15) is 19.1 Å². The maximum atomic E-state index is 13.1. The number of carboxylic acids is 1. The van der Waals surface area contributed by atoms with Gasteiger partial charge in [0.1, 0.15) is 5.82 Å². The van der Waals surface area contributed by atoms with Crippen molar-refractivity contribution in [2.75, 3.05) is 5.32 Å². The van der Waals surface area contributed by atoms with E-state index < -0.39 is 23.6 Å². The summed E-state index contributed by atoms with van der Waals surface area (Å²) in [6.07, 6.45) is 7.43. The fourth-order valence-electron chi connectivity index (χ4n) is 2.95. The number of nitrogens with zero attached hydrogens (tertiary/aromatic N) is 2. The topological polar surface area (TPSA) is 84.2 Å². The molecule has 2 unspecified atom stereocenters. The molecule has 1 aromatic carbocycles. The molecule has 0 spiro atoms. The number of amides is 1. The second kappa shape index (κ2) is 7.70. The van der Waals surface area contributed by atoms with Gasteiger partial charge in [0.25, 0.3) is 0 Å². The molecule has 2 aromatic rings. The number of nitrogens with one attached hydrogen (secondary N) is 1. The standard InChI is InChI=1S/C18H17ClFN3O3/c19-16-7-12(20)6-5-11(16)9-23-10-13(8-21-23)22-17(24)14-3-1-2-4-15(14)18(25)26/h1-2,5-8,10,14-15H,3-4,9H2,(H,22,24)(H,25,26). The highest BCUT2D eigenvalue weighted by molar-refractivity contribution is 6.31. The molecule has 0 saturated carbocycles. The molecule has 1 aliphatic rings. The third-order valence-electron chi connectivity index (χ3n) is 4.33. The van der Waals surface area contributed by atoms with Crippen molar-refractivity contribution < 1.29 is 19.1 Å². The summed E-state index contributed by atoms with van der Waals surface area (Å²) in [5.74, 6) is -3.08. The molecule has 2 N–H and O–H groups in total. The van der Waals surface area contributed by atoms with Gasteiger partial charge >= 0.3 is 5.97 Å². The van der Waals surface area contributed by atoms with E-state index in [0.717, 1.165) is 0 Å². The van der Waals surface area contributed by atoms with Crippen molar-refractivity contribution in [3.05, 3.63) is 59.1 Å². The SMILES string of the molecule is O=C(O)C1CC=CCC1C(=O)Nc1cnn(Cc2ccc(F)cc2Cl)c1. The third kappa shape index (κ3) is 4.11. The molecule has 8 heteroatoms. The molecule has 1 heterocycles. The minimum atomic E-state index is -0.976. The van der Waals surface area contributed by atoms with Crippen molar-refractivity contribution >= 4 is 29.2 Å². The molecule has 1 amide bonds. The highest BCUT2D eigenvalue weighted by Gasteiger charge is 2.34. The first-order chi connectivity index (χ1) is 12.4. The fourth-order valence-corrected chi connectivity index (χ4v) is 3.18. The number of aromatic nitrogens is 2. The highest BCUT2D eigenvalue weighted by atomic mass is 35.5. The Hall–Kier alpha value is -2.67. The van der Waals surface area contributed by atoms with Crippen LogP contribution in [-0.4, -0.2) is 26.8 Å². The van der Waals surface area contributed by atoms with Crippen molar-refractivity contribution in [1.29, 1.82) is 0 Å². The van der Waals surface area contributed by atoms with Gasteiger partial charge in [-0.1, -0.05) is 29.8 Å². The molecule has 0 saturated heterocycles. The lowest BCUT2D eigenvalue weighted by Gasteiger charge is -2.23. The highest BCUT2D eigenvalue weighted by Crippen LogP contribution is 2.27. The number of hydrogen-bond donors (Lipinski definition) is 2. The van der Waals surface area contributed by atoms with Crippen LogP contribution in [0, 0.1) is 17.7 Å². The molecule has 136 valence electrons. The van der Waals surface area contributed by atoms with Crippen molar-refractivity contribution in [3.8, 4) is 0 Å². The largest absolute Gasteiger partial charge is 0.481 e. The first kappa shape index (κ1) is 18.1. The van der Waals surface area contributed by atoms with E-state index in [0.29, 0.717) is 35.7 Å². The summed E-state index contributed by atoms with van der Waals surface area (Å²) in [4.78, 5) is 23.7. The number of aliphatic carboxylic acids is 1. The van der Waals surface area contributed by atoms with Crippen molar-refractivity contribution in [1.82, 2.24) is 9.78 Å². The van der Waals surface area contributed by atoms with Crippen molar-refractivity contribution in [2.45, 2.75) is 19.4 Å². The molecule has 0 aliphatic heterocycles. The number of rotatable bonds is 5.